The van der Waals surface area contributed by atoms with Gasteiger partial charge in [0.05, 0.1) is 10.8 Å². The molecule has 2 aliphatic carbocycles. The van der Waals surface area contributed by atoms with Crippen molar-refractivity contribution in [3.05, 3.63) is 330 Å². The number of para-hydroxylation sites is 4. The van der Waals surface area contributed by atoms with Crippen molar-refractivity contribution in [1.29, 1.82) is 0 Å². The fourth-order valence-corrected chi connectivity index (χ4v) is 13.7. The Labute approximate surface area is 448 Å². The molecular formula is C74H47NO2. The molecule has 0 radical (unpaired) electrons. The number of hydrogen-bond donors (Lipinski definition) is 0. The Morgan fingerprint density at radius 3 is 1.22 bits per heavy atom. The van der Waals surface area contributed by atoms with Crippen molar-refractivity contribution in [3.8, 4) is 78.6 Å². The van der Waals surface area contributed by atoms with Crippen LogP contribution in [0.2, 0.25) is 0 Å². The highest BCUT2D eigenvalue weighted by Gasteiger charge is 2.53. The summed E-state index contributed by atoms with van der Waals surface area (Å²) in [5.74, 6) is 3.56. The lowest BCUT2D eigenvalue weighted by atomic mass is 9.66. The molecule has 2 aliphatic heterocycles. The van der Waals surface area contributed by atoms with E-state index in [9.17, 15) is 0 Å². The summed E-state index contributed by atoms with van der Waals surface area (Å²) < 4.78 is 13.4. The summed E-state index contributed by atoms with van der Waals surface area (Å²) in [4.78, 5) is 2.42. The molecule has 0 amide bonds. The highest BCUT2D eigenvalue weighted by Crippen LogP contribution is 2.65. The standard InChI is InChI=1S/C74H47NO2/c1-2-19-48(20-3-1)49-39-42-53(43-40-49)75(54-23-16-21-50(45-54)51-41-44-58-57-25-4-6-28-60(57)74(67(58)47-51)64-32-10-14-37-70(64)77-71-38-15-11-33-65(71)74)55-24-17-22-52(46-55)56-27-18-34-66-72(56)59-26-5-7-29-61(59)73(66)62-30-8-12-35-68(62)76-69-36-13-9-31-63(69)73/h1-47H. The molecule has 12 aromatic carbocycles. The van der Waals surface area contributed by atoms with Gasteiger partial charge < -0.3 is 14.4 Å². The molecule has 16 rings (SSSR count). The number of ether oxygens (including phenoxy) is 2. The van der Waals surface area contributed by atoms with Crippen LogP contribution in [0.25, 0.3) is 55.6 Å². The van der Waals surface area contributed by atoms with E-state index < -0.39 is 10.8 Å². The summed E-state index contributed by atoms with van der Waals surface area (Å²) in [7, 11) is 0. The van der Waals surface area contributed by atoms with E-state index in [0.29, 0.717) is 0 Å². The minimum absolute atomic E-state index is 0.560. The number of nitrogens with zero attached hydrogens (tertiary/aromatic N) is 1. The fourth-order valence-electron chi connectivity index (χ4n) is 13.7. The Bertz CT molecular complexity index is 4270. The molecule has 2 heterocycles. The smallest absolute Gasteiger partial charge is 0.132 e. The van der Waals surface area contributed by atoms with Crippen molar-refractivity contribution in [1.82, 2.24) is 0 Å². The van der Waals surface area contributed by atoms with Crippen LogP contribution in [0.5, 0.6) is 23.0 Å². The molecule has 77 heavy (non-hydrogen) atoms. The number of rotatable bonds is 6. The van der Waals surface area contributed by atoms with Gasteiger partial charge in [-0.3, -0.25) is 0 Å². The number of benzene rings is 12. The minimum Gasteiger partial charge on any atom is -0.457 e. The topological polar surface area (TPSA) is 21.7 Å². The van der Waals surface area contributed by atoms with Gasteiger partial charge in [-0.05, 0) is 145 Å². The van der Waals surface area contributed by atoms with E-state index in [2.05, 4.69) is 290 Å². The Hall–Kier alpha value is -9.96. The molecule has 3 nitrogen and oxygen atoms in total. The van der Waals surface area contributed by atoms with Crippen LogP contribution in [-0.4, -0.2) is 0 Å². The van der Waals surface area contributed by atoms with Crippen LogP contribution >= 0.6 is 0 Å². The van der Waals surface area contributed by atoms with Crippen LogP contribution in [-0.2, 0) is 10.8 Å². The van der Waals surface area contributed by atoms with Gasteiger partial charge in [-0.15, -0.1) is 0 Å². The summed E-state index contributed by atoms with van der Waals surface area (Å²) in [6.07, 6.45) is 0. The van der Waals surface area contributed by atoms with Gasteiger partial charge in [0, 0.05) is 39.3 Å². The molecule has 0 aromatic heterocycles. The van der Waals surface area contributed by atoms with Crippen molar-refractivity contribution in [2.24, 2.45) is 0 Å². The summed E-state index contributed by atoms with van der Waals surface area (Å²) >= 11 is 0. The molecule has 4 aliphatic rings. The maximum absolute atomic E-state index is 6.68. The summed E-state index contributed by atoms with van der Waals surface area (Å²) in [5.41, 5.74) is 23.7. The van der Waals surface area contributed by atoms with Gasteiger partial charge in [-0.1, -0.05) is 218 Å². The number of anilines is 3. The summed E-state index contributed by atoms with van der Waals surface area (Å²) in [6, 6.07) is 104. The van der Waals surface area contributed by atoms with E-state index in [4.69, 9.17) is 9.47 Å². The van der Waals surface area contributed by atoms with Gasteiger partial charge in [-0.25, -0.2) is 0 Å². The van der Waals surface area contributed by atoms with Crippen LogP contribution in [0.1, 0.15) is 44.5 Å². The maximum atomic E-state index is 6.68. The van der Waals surface area contributed by atoms with E-state index in [1.165, 1.54) is 61.2 Å². The fraction of sp³-hybridized carbons (Fsp3) is 0.0270. The molecular weight excluding hydrogens is 935 g/mol. The molecule has 2 spiro atoms. The average Bonchev–Trinajstić information content (AvgIpc) is 4.19. The van der Waals surface area contributed by atoms with E-state index in [1.807, 2.05) is 0 Å². The highest BCUT2D eigenvalue weighted by atomic mass is 16.5. The van der Waals surface area contributed by atoms with Crippen molar-refractivity contribution in [2.75, 3.05) is 4.90 Å². The van der Waals surface area contributed by atoms with Gasteiger partial charge in [0.15, 0.2) is 0 Å². The summed E-state index contributed by atoms with van der Waals surface area (Å²) in [6.45, 7) is 0. The average molecular weight is 982 g/mol. The van der Waals surface area contributed by atoms with E-state index >= 15 is 0 Å². The molecule has 0 saturated heterocycles. The Morgan fingerprint density at radius 2 is 0.610 bits per heavy atom. The lowest BCUT2D eigenvalue weighted by Gasteiger charge is -2.39. The molecule has 0 fully saturated rings. The van der Waals surface area contributed by atoms with Crippen molar-refractivity contribution in [2.45, 2.75) is 10.8 Å². The van der Waals surface area contributed by atoms with Gasteiger partial charge in [-0.2, -0.15) is 0 Å². The zero-order valence-electron chi connectivity index (χ0n) is 41.9. The Morgan fingerprint density at radius 1 is 0.221 bits per heavy atom. The van der Waals surface area contributed by atoms with E-state index in [1.54, 1.807) is 0 Å². The molecule has 360 valence electrons. The first-order valence-corrected chi connectivity index (χ1v) is 26.6. The first-order chi connectivity index (χ1) is 38.2. The van der Waals surface area contributed by atoms with Gasteiger partial charge >= 0.3 is 0 Å². The quantitative estimate of drug-likeness (QED) is 0.166. The maximum Gasteiger partial charge on any atom is 0.132 e. The SMILES string of the molecule is c1ccc(-c2ccc(N(c3cccc(-c4ccc5c(c4)C4(c6ccccc6Oc6ccccc64)c4ccccc4-5)c3)c3cccc(-c4cccc5c4-c4ccccc4C54c5ccccc5Oc5ccccc54)c3)cc2)cc1. The summed E-state index contributed by atoms with van der Waals surface area (Å²) in [5, 5.41) is 0. The third-order valence-electron chi connectivity index (χ3n) is 16.8. The van der Waals surface area contributed by atoms with Crippen LogP contribution in [0.3, 0.4) is 0 Å². The van der Waals surface area contributed by atoms with Gasteiger partial charge in [0.1, 0.15) is 23.0 Å². The lowest BCUT2D eigenvalue weighted by Crippen LogP contribution is -2.32. The Balaban J connectivity index is 0.867. The van der Waals surface area contributed by atoms with Crippen molar-refractivity contribution < 1.29 is 9.47 Å². The van der Waals surface area contributed by atoms with Gasteiger partial charge in [0.2, 0.25) is 0 Å². The van der Waals surface area contributed by atoms with Crippen LogP contribution in [0.15, 0.2) is 285 Å². The normalized spacial score (nSPS) is 13.9. The molecule has 0 atom stereocenters. The number of hydrogen-bond acceptors (Lipinski definition) is 3. The van der Waals surface area contributed by atoms with Crippen LogP contribution in [0, 0.1) is 0 Å². The first-order valence-electron chi connectivity index (χ1n) is 26.6. The third-order valence-corrected chi connectivity index (χ3v) is 16.8. The molecule has 12 aromatic rings. The van der Waals surface area contributed by atoms with Crippen molar-refractivity contribution in [3.63, 3.8) is 0 Å². The molecule has 0 N–H and O–H groups in total. The predicted octanol–water partition coefficient (Wildman–Crippen LogP) is 19.1. The largest absolute Gasteiger partial charge is 0.457 e. The zero-order chi connectivity index (χ0) is 50.7. The molecule has 0 unspecified atom stereocenters. The van der Waals surface area contributed by atoms with Crippen LogP contribution < -0.4 is 14.4 Å². The van der Waals surface area contributed by atoms with Gasteiger partial charge in [0.25, 0.3) is 0 Å². The number of fused-ring (bicyclic) bond motifs is 18. The molecule has 0 bridgehead atoms. The van der Waals surface area contributed by atoms with Crippen LogP contribution in [0.4, 0.5) is 17.1 Å². The second kappa shape index (κ2) is 16.8. The van der Waals surface area contributed by atoms with E-state index in [-0.39, 0.29) is 0 Å². The lowest BCUT2D eigenvalue weighted by molar-refractivity contribution is 0.436. The zero-order valence-corrected chi connectivity index (χ0v) is 41.9. The first kappa shape index (κ1) is 43.4. The molecule has 3 heteroatoms. The highest BCUT2D eigenvalue weighted by molar-refractivity contribution is 5.98. The second-order valence-electron chi connectivity index (χ2n) is 20.6. The monoisotopic (exact) mass is 981 g/mol. The third kappa shape index (κ3) is 6.20. The second-order valence-corrected chi connectivity index (χ2v) is 20.6. The predicted molar refractivity (Wildman–Crippen MR) is 312 cm³/mol. The van der Waals surface area contributed by atoms with Crippen molar-refractivity contribution >= 4 is 17.1 Å². The molecule has 0 saturated carbocycles. The van der Waals surface area contributed by atoms with E-state index in [0.717, 1.165) is 79.0 Å². The Kier molecular flexibility index (Phi) is 9.47. The minimum atomic E-state index is -0.562.